The molecular weight excluding hydrogens is 371 g/mol. The zero-order chi connectivity index (χ0) is 20.3. The van der Waals surface area contributed by atoms with Crippen LogP contribution in [0.25, 0.3) is 0 Å². The maximum atomic E-state index is 12.8. The van der Waals surface area contributed by atoms with Crippen LogP contribution in [0.1, 0.15) is 29.2 Å². The summed E-state index contributed by atoms with van der Waals surface area (Å²) in [6.07, 6.45) is -3.59. The van der Waals surface area contributed by atoms with Crippen molar-refractivity contribution < 1.29 is 27.8 Å². The van der Waals surface area contributed by atoms with Crippen LogP contribution in [-0.4, -0.2) is 29.1 Å². The van der Waals surface area contributed by atoms with Gasteiger partial charge < -0.3 is 9.84 Å². The number of carboxylic acids is 1. The molecule has 0 radical (unpaired) electrons. The topological polar surface area (TPSA) is 49.8 Å². The van der Waals surface area contributed by atoms with Crippen LogP contribution in [0.2, 0.25) is 0 Å². The Morgan fingerprint density at radius 2 is 1.93 bits per heavy atom. The van der Waals surface area contributed by atoms with E-state index in [1.165, 1.54) is 6.07 Å². The predicted molar refractivity (Wildman–Crippen MR) is 98.0 cm³/mol. The fourth-order valence-electron chi connectivity index (χ4n) is 3.28. The first-order valence-corrected chi connectivity index (χ1v) is 9.12. The number of likely N-dealkylation sites (tertiary alicyclic amines) is 1. The Morgan fingerprint density at radius 3 is 2.57 bits per heavy atom. The lowest BCUT2D eigenvalue weighted by Crippen LogP contribution is -2.49. The quantitative estimate of drug-likeness (QED) is 0.759. The minimum Gasteiger partial charge on any atom is -0.489 e. The number of aryl methyl sites for hydroxylation is 1. The van der Waals surface area contributed by atoms with Crippen molar-refractivity contribution in [3.05, 3.63) is 64.7 Å². The molecule has 150 valence electrons. The van der Waals surface area contributed by atoms with Crippen LogP contribution in [0.4, 0.5) is 13.2 Å². The van der Waals surface area contributed by atoms with Crippen LogP contribution >= 0.6 is 0 Å². The van der Waals surface area contributed by atoms with Crippen LogP contribution in [0, 0.1) is 5.92 Å². The highest BCUT2D eigenvalue weighted by atomic mass is 19.4. The van der Waals surface area contributed by atoms with E-state index < -0.39 is 17.7 Å². The molecule has 0 saturated carbocycles. The van der Waals surface area contributed by atoms with E-state index in [0.29, 0.717) is 30.9 Å². The zero-order valence-corrected chi connectivity index (χ0v) is 15.5. The van der Waals surface area contributed by atoms with E-state index in [1.807, 2.05) is 19.1 Å². The molecule has 0 spiro atoms. The molecule has 1 fully saturated rings. The summed E-state index contributed by atoms with van der Waals surface area (Å²) in [6.45, 7) is 3.85. The normalized spacial score (nSPS) is 15.3. The third-order valence-electron chi connectivity index (χ3n) is 4.92. The number of alkyl halides is 3. The van der Waals surface area contributed by atoms with E-state index in [1.54, 1.807) is 12.1 Å². The fraction of sp³-hybridized carbons (Fsp3) is 0.381. The van der Waals surface area contributed by atoms with E-state index in [2.05, 4.69) is 4.90 Å². The van der Waals surface area contributed by atoms with Crippen molar-refractivity contribution in [1.82, 2.24) is 4.90 Å². The van der Waals surface area contributed by atoms with Gasteiger partial charge in [-0.1, -0.05) is 25.1 Å². The highest BCUT2D eigenvalue weighted by molar-refractivity contribution is 5.71. The minimum atomic E-state index is -4.37. The van der Waals surface area contributed by atoms with Crippen molar-refractivity contribution in [2.45, 2.75) is 32.7 Å². The summed E-state index contributed by atoms with van der Waals surface area (Å²) in [6, 6.07) is 10.8. The Balaban J connectivity index is 1.62. The first kappa shape index (κ1) is 20.2. The Kier molecular flexibility index (Phi) is 5.93. The second kappa shape index (κ2) is 8.22. The summed E-state index contributed by atoms with van der Waals surface area (Å²) in [5.41, 5.74) is 1.96. The molecule has 0 amide bonds. The smallest absolute Gasteiger partial charge is 0.416 e. The lowest BCUT2D eigenvalue weighted by molar-refractivity contribution is -0.147. The van der Waals surface area contributed by atoms with Gasteiger partial charge in [0.15, 0.2) is 0 Å². The van der Waals surface area contributed by atoms with E-state index in [-0.39, 0.29) is 12.5 Å². The second-order valence-electron chi connectivity index (χ2n) is 7.00. The van der Waals surface area contributed by atoms with Gasteiger partial charge in [-0.3, -0.25) is 9.69 Å². The molecule has 7 heteroatoms. The van der Waals surface area contributed by atoms with Crippen molar-refractivity contribution in [2.75, 3.05) is 13.1 Å². The maximum Gasteiger partial charge on any atom is 0.416 e. The summed E-state index contributed by atoms with van der Waals surface area (Å²) in [5, 5.41) is 8.96. The summed E-state index contributed by atoms with van der Waals surface area (Å²) in [4.78, 5) is 13.0. The third kappa shape index (κ3) is 4.84. The molecule has 1 aliphatic heterocycles. The van der Waals surface area contributed by atoms with Gasteiger partial charge in [-0.15, -0.1) is 0 Å². The molecule has 4 nitrogen and oxygen atoms in total. The maximum absolute atomic E-state index is 12.8. The third-order valence-corrected chi connectivity index (χ3v) is 4.92. The summed E-state index contributed by atoms with van der Waals surface area (Å²) in [7, 11) is 0. The number of rotatable bonds is 7. The molecule has 0 bridgehead atoms. The van der Waals surface area contributed by atoms with Crippen molar-refractivity contribution in [3.63, 3.8) is 0 Å². The highest BCUT2D eigenvalue weighted by Gasteiger charge is 2.32. The molecule has 1 heterocycles. The van der Waals surface area contributed by atoms with E-state index >= 15 is 0 Å². The number of benzene rings is 2. The lowest BCUT2D eigenvalue weighted by Gasteiger charge is -2.37. The molecule has 2 aromatic carbocycles. The number of aliphatic carboxylic acids is 1. The van der Waals surface area contributed by atoms with Crippen molar-refractivity contribution in [2.24, 2.45) is 5.92 Å². The summed E-state index contributed by atoms with van der Waals surface area (Å²) in [5.74, 6) is -0.449. The number of ether oxygens (including phenoxy) is 1. The molecule has 0 atom stereocenters. The number of halogens is 3. The molecule has 0 unspecified atom stereocenters. The molecule has 3 rings (SSSR count). The fourth-order valence-corrected chi connectivity index (χ4v) is 3.28. The standard InChI is InChI=1S/C21H22F3NO3/c1-2-15-9-19(7-6-16(15)10-25-11-17(12-25)20(26)27)28-13-14-4-3-5-18(8-14)21(22,23)24/h3-9,17H,2,10-13H2,1H3,(H,26,27). The van der Waals surface area contributed by atoms with Crippen LogP contribution in [-0.2, 0) is 30.5 Å². The molecule has 0 aromatic heterocycles. The number of nitrogens with zero attached hydrogens (tertiary/aromatic N) is 1. The van der Waals surface area contributed by atoms with Gasteiger partial charge in [-0.25, -0.2) is 0 Å². The van der Waals surface area contributed by atoms with Gasteiger partial charge in [-0.05, 0) is 47.4 Å². The number of hydrogen-bond donors (Lipinski definition) is 1. The van der Waals surface area contributed by atoms with Gasteiger partial charge in [0.05, 0.1) is 11.5 Å². The lowest BCUT2D eigenvalue weighted by atomic mass is 9.97. The monoisotopic (exact) mass is 393 g/mol. The van der Waals surface area contributed by atoms with Crippen molar-refractivity contribution >= 4 is 5.97 Å². The molecule has 2 aromatic rings. The Labute approximate surface area is 161 Å². The van der Waals surface area contributed by atoms with Crippen LogP contribution < -0.4 is 4.74 Å². The second-order valence-corrected chi connectivity index (χ2v) is 7.00. The van der Waals surface area contributed by atoms with Gasteiger partial charge >= 0.3 is 12.1 Å². The zero-order valence-electron chi connectivity index (χ0n) is 15.5. The number of carbonyl (C=O) groups is 1. The Hall–Kier alpha value is -2.54. The van der Waals surface area contributed by atoms with Gasteiger partial charge in [-0.2, -0.15) is 13.2 Å². The molecule has 1 saturated heterocycles. The van der Waals surface area contributed by atoms with Gasteiger partial charge in [0, 0.05) is 19.6 Å². The van der Waals surface area contributed by atoms with E-state index in [0.717, 1.165) is 29.7 Å². The number of carboxylic acid groups (broad SMARTS) is 1. The van der Waals surface area contributed by atoms with Gasteiger partial charge in [0.1, 0.15) is 12.4 Å². The molecule has 1 aliphatic rings. The molecule has 28 heavy (non-hydrogen) atoms. The van der Waals surface area contributed by atoms with Crippen LogP contribution in [0.5, 0.6) is 5.75 Å². The first-order valence-electron chi connectivity index (χ1n) is 9.12. The summed E-state index contributed by atoms with van der Waals surface area (Å²) >= 11 is 0. The van der Waals surface area contributed by atoms with Gasteiger partial charge in [0.2, 0.25) is 0 Å². The van der Waals surface area contributed by atoms with Crippen LogP contribution in [0.15, 0.2) is 42.5 Å². The largest absolute Gasteiger partial charge is 0.489 e. The van der Waals surface area contributed by atoms with Crippen LogP contribution in [0.3, 0.4) is 0 Å². The Bertz CT molecular complexity index is 845. The molecule has 0 aliphatic carbocycles. The highest BCUT2D eigenvalue weighted by Crippen LogP contribution is 2.30. The van der Waals surface area contributed by atoms with E-state index in [4.69, 9.17) is 9.84 Å². The molecular formula is C21H22F3NO3. The number of hydrogen-bond acceptors (Lipinski definition) is 3. The minimum absolute atomic E-state index is 0.0544. The predicted octanol–water partition coefficient (Wildman–Crippen LogP) is 4.36. The average Bonchev–Trinajstić information content (AvgIpc) is 2.62. The van der Waals surface area contributed by atoms with Gasteiger partial charge in [0.25, 0.3) is 0 Å². The molecule has 1 N–H and O–H groups in total. The van der Waals surface area contributed by atoms with Crippen molar-refractivity contribution in [1.29, 1.82) is 0 Å². The summed E-state index contributed by atoms with van der Waals surface area (Å²) < 4.78 is 44.1. The first-order chi connectivity index (χ1) is 13.3. The Morgan fingerprint density at radius 1 is 1.18 bits per heavy atom. The average molecular weight is 393 g/mol. The van der Waals surface area contributed by atoms with Crippen molar-refractivity contribution in [3.8, 4) is 5.75 Å². The van der Waals surface area contributed by atoms with E-state index in [9.17, 15) is 18.0 Å². The SMILES string of the molecule is CCc1cc(OCc2cccc(C(F)(F)F)c2)ccc1CN1CC(C(=O)O)C1.